The van der Waals surface area contributed by atoms with Gasteiger partial charge in [-0.3, -0.25) is 4.99 Å². The zero-order chi connectivity index (χ0) is 19.4. The van der Waals surface area contributed by atoms with Crippen molar-refractivity contribution in [3.8, 4) is 5.75 Å². The molecule has 150 valence electrons. The fourth-order valence-electron chi connectivity index (χ4n) is 4.06. The highest BCUT2D eigenvalue weighted by atomic mass is 19.1. The van der Waals surface area contributed by atoms with Gasteiger partial charge >= 0.3 is 0 Å². The van der Waals surface area contributed by atoms with E-state index in [1.54, 1.807) is 0 Å². The van der Waals surface area contributed by atoms with E-state index in [-0.39, 0.29) is 24.4 Å². The van der Waals surface area contributed by atoms with Crippen LogP contribution in [0.1, 0.15) is 27.2 Å². The number of aliphatic imine (C=N–C) groups is 1. The van der Waals surface area contributed by atoms with Crippen molar-refractivity contribution in [2.24, 2.45) is 16.3 Å². The van der Waals surface area contributed by atoms with Crippen molar-refractivity contribution in [3.63, 3.8) is 0 Å². The lowest BCUT2D eigenvalue weighted by Gasteiger charge is -2.54. The number of nitrogens with zero attached hydrogens (tertiary/aromatic N) is 1. The van der Waals surface area contributed by atoms with E-state index in [0.29, 0.717) is 29.8 Å². The van der Waals surface area contributed by atoms with E-state index in [9.17, 15) is 9.50 Å². The molecule has 27 heavy (non-hydrogen) atoms. The van der Waals surface area contributed by atoms with Crippen LogP contribution in [-0.4, -0.2) is 55.6 Å². The van der Waals surface area contributed by atoms with Crippen molar-refractivity contribution in [3.05, 3.63) is 30.1 Å². The number of halogens is 1. The summed E-state index contributed by atoms with van der Waals surface area (Å²) >= 11 is 0. The van der Waals surface area contributed by atoms with Gasteiger partial charge in [-0.1, -0.05) is 13.8 Å². The molecule has 1 heterocycles. The number of hydrogen-bond donors (Lipinski definition) is 3. The third kappa shape index (κ3) is 4.52. The van der Waals surface area contributed by atoms with Crippen molar-refractivity contribution in [1.82, 2.24) is 10.6 Å². The molecule has 4 atom stereocenters. The van der Waals surface area contributed by atoms with E-state index in [1.165, 1.54) is 24.3 Å². The standard InChI is InChI=1S/C20H30FN3O3/c1-4-22-19(24-17-16-9-10-26-18(16)20(17,2)3)23-11-14(25)12-27-15-7-5-13(21)6-8-15/h5-8,14,16-18,25H,4,9-12H2,1-3H3,(H2,22,23,24). The Labute approximate surface area is 160 Å². The molecule has 2 aliphatic rings. The Kier molecular flexibility index (Phi) is 6.22. The molecular weight excluding hydrogens is 349 g/mol. The number of ether oxygens (including phenoxy) is 2. The molecule has 0 aromatic heterocycles. The minimum Gasteiger partial charge on any atom is -0.491 e. The maximum absolute atomic E-state index is 12.9. The number of aliphatic hydroxyl groups excluding tert-OH is 1. The third-order valence-electron chi connectivity index (χ3n) is 5.45. The second-order valence-corrected chi connectivity index (χ2v) is 7.83. The molecule has 1 aliphatic carbocycles. The summed E-state index contributed by atoms with van der Waals surface area (Å²) in [5.41, 5.74) is 0.0572. The second kappa shape index (κ2) is 8.44. The van der Waals surface area contributed by atoms with Crippen LogP contribution >= 0.6 is 0 Å². The van der Waals surface area contributed by atoms with Crippen molar-refractivity contribution < 1.29 is 19.0 Å². The first kappa shape index (κ1) is 19.9. The van der Waals surface area contributed by atoms with Gasteiger partial charge in [0.1, 0.15) is 24.3 Å². The normalized spacial score (nSPS) is 27.4. The first-order chi connectivity index (χ1) is 12.9. The van der Waals surface area contributed by atoms with Crippen LogP contribution < -0.4 is 15.4 Å². The predicted octanol–water partition coefficient (Wildman–Crippen LogP) is 1.93. The topological polar surface area (TPSA) is 75.1 Å². The molecule has 1 aliphatic heterocycles. The van der Waals surface area contributed by atoms with Crippen molar-refractivity contribution in [2.75, 3.05) is 26.3 Å². The molecule has 0 radical (unpaired) electrons. The predicted molar refractivity (Wildman–Crippen MR) is 102 cm³/mol. The van der Waals surface area contributed by atoms with Crippen molar-refractivity contribution in [2.45, 2.75) is 45.4 Å². The minimum absolute atomic E-state index is 0.0572. The van der Waals surface area contributed by atoms with E-state index in [4.69, 9.17) is 9.47 Å². The third-order valence-corrected chi connectivity index (χ3v) is 5.45. The van der Waals surface area contributed by atoms with Crippen LogP contribution in [-0.2, 0) is 4.74 Å². The Bertz CT molecular complexity index is 650. The number of fused-ring (bicyclic) bond motifs is 1. The van der Waals surface area contributed by atoms with Gasteiger partial charge in [-0.05, 0) is 37.6 Å². The number of benzene rings is 1. The molecule has 2 fully saturated rings. The van der Waals surface area contributed by atoms with Gasteiger partial charge in [0.05, 0.1) is 12.6 Å². The summed E-state index contributed by atoms with van der Waals surface area (Å²) in [7, 11) is 0. The monoisotopic (exact) mass is 379 g/mol. The Morgan fingerprint density at radius 2 is 2.15 bits per heavy atom. The Morgan fingerprint density at radius 1 is 1.41 bits per heavy atom. The van der Waals surface area contributed by atoms with Gasteiger partial charge in [-0.2, -0.15) is 0 Å². The summed E-state index contributed by atoms with van der Waals surface area (Å²) in [5.74, 6) is 1.41. The fourth-order valence-corrected chi connectivity index (χ4v) is 4.06. The number of hydrogen-bond acceptors (Lipinski definition) is 4. The average molecular weight is 379 g/mol. The lowest BCUT2D eigenvalue weighted by atomic mass is 9.57. The van der Waals surface area contributed by atoms with Gasteiger partial charge in [0.15, 0.2) is 5.96 Å². The molecule has 1 aromatic carbocycles. The lowest BCUT2D eigenvalue weighted by molar-refractivity contribution is -0.106. The van der Waals surface area contributed by atoms with Crippen LogP contribution in [0.15, 0.2) is 29.3 Å². The first-order valence-electron chi connectivity index (χ1n) is 9.64. The molecule has 3 rings (SSSR count). The van der Waals surface area contributed by atoms with Gasteiger partial charge in [-0.25, -0.2) is 4.39 Å². The Hall–Kier alpha value is -1.86. The molecule has 1 saturated carbocycles. The number of nitrogens with one attached hydrogen (secondary N) is 2. The maximum Gasteiger partial charge on any atom is 0.191 e. The highest BCUT2D eigenvalue weighted by molar-refractivity contribution is 5.80. The van der Waals surface area contributed by atoms with Crippen molar-refractivity contribution >= 4 is 5.96 Å². The van der Waals surface area contributed by atoms with Gasteiger partial charge in [0, 0.05) is 30.5 Å². The second-order valence-electron chi connectivity index (χ2n) is 7.83. The molecule has 1 saturated heterocycles. The molecule has 0 amide bonds. The summed E-state index contributed by atoms with van der Waals surface area (Å²) in [6, 6.07) is 6.03. The van der Waals surface area contributed by atoms with E-state index in [1.807, 2.05) is 6.92 Å². The minimum atomic E-state index is -0.748. The molecule has 4 unspecified atom stereocenters. The SMILES string of the molecule is CCNC(=NCC(O)COc1ccc(F)cc1)NC1C2CCOC2C1(C)C. The summed E-state index contributed by atoms with van der Waals surface area (Å²) in [6.45, 7) is 8.32. The molecule has 0 bridgehead atoms. The molecule has 1 aromatic rings. The molecule has 3 N–H and O–H groups in total. The van der Waals surface area contributed by atoms with Gasteiger partial charge in [0.2, 0.25) is 0 Å². The summed E-state index contributed by atoms with van der Waals surface area (Å²) < 4.78 is 24.2. The first-order valence-corrected chi connectivity index (χ1v) is 9.64. The highest BCUT2D eigenvalue weighted by Crippen LogP contribution is 2.52. The van der Waals surface area contributed by atoms with Gasteiger partial charge < -0.3 is 25.2 Å². The van der Waals surface area contributed by atoms with Gasteiger partial charge in [0.25, 0.3) is 0 Å². The van der Waals surface area contributed by atoms with Crippen LogP contribution in [0.25, 0.3) is 0 Å². The zero-order valence-electron chi connectivity index (χ0n) is 16.2. The number of aliphatic hydroxyl groups is 1. The zero-order valence-corrected chi connectivity index (χ0v) is 16.2. The molecule has 0 spiro atoms. The van der Waals surface area contributed by atoms with E-state index < -0.39 is 6.10 Å². The van der Waals surface area contributed by atoms with Crippen LogP contribution in [0.5, 0.6) is 5.75 Å². The quantitative estimate of drug-likeness (QED) is 0.499. The van der Waals surface area contributed by atoms with Crippen LogP contribution in [0.2, 0.25) is 0 Å². The summed E-state index contributed by atoms with van der Waals surface area (Å²) in [6.07, 6.45) is 0.634. The van der Waals surface area contributed by atoms with E-state index in [2.05, 4.69) is 29.5 Å². The smallest absolute Gasteiger partial charge is 0.191 e. The summed E-state index contributed by atoms with van der Waals surface area (Å²) in [5, 5.41) is 16.9. The lowest BCUT2D eigenvalue weighted by Crippen LogP contribution is -2.68. The van der Waals surface area contributed by atoms with Crippen LogP contribution in [0, 0.1) is 17.2 Å². The average Bonchev–Trinajstić information content (AvgIpc) is 3.10. The Morgan fingerprint density at radius 3 is 2.85 bits per heavy atom. The molecular formula is C20H30FN3O3. The van der Waals surface area contributed by atoms with Crippen LogP contribution in [0.4, 0.5) is 4.39 Å². The highest BCUT2D eigenvalue weighted by Gasteiger charge is 2.59. The van der Waals surface area contributed by atoms with Crippen LogP contribution in [0.3, 0.4) is 0 Å². The maximum atomic E-state index is 12.9. The largest absolute Gasteiger partial charge is 0.491 e. The fraction of sp³-hybridized carbons (Fsp3) is 0.650. The van der Waals surface area contributed by atoms with E-state index >= 15 is 0 Å². The van der Waals surface area contributed by atoms with Crippen molar-refractivity contribution in [1.29, 1.82) is 0 Å². The van der Waals surface area contributed by atoms with E-state index in [0.717, 1.165) is 19.6 Å². The number of guanidine groups is 1. The molecule has 7 heteroatoms. The summed E-state index contributed by atoms with van der Waals surface area (Å²) in [4.78, 5) is 4.50. The van der Waals surface area contributed by atoms with Gasteiger partial charge in [-0.15, -0.1) is 0 Å². The Balaban J connectivity index is 1.51. The molecule has 6 nitrogen and oxygen atoms in total. The number of rotatable bonds is 7.